The van der Waals surface area contributed by atoms with E-state index in [1.807, 2.05) is 13.8 Å². The summed E-state index contributed by atoms with van der Waals surface area (Å²) < 4.78 is 5.29. The maximum absolute atomic E-state index is 11.8. The number of carbonyl (C=O) groups is 1. The summed E-state index contributed by atoms with van der Waals surface area (Å²) >= 11 is 0. The first-order valence-electron chi connectivity index (χ1n) is 7.58. The van der Waals surface area contributed by atoms with E-state index >= 15 is 0 Å². The molecule has 0 amide bonds. The van der Waals surface area contributed by atoms with Crippen LogP contribution >= 0.6 is 0 Å². The van der Waals surface area contributed by atoms with Gasteiger partial charge in [0.2, 0.25) is 0 Å². The fourth-order valence-corrected chi connectivity index (χ4v) is 2.89. The Morgan fingerprint density at radius 2 is 1.83 bits per heavy atom. The largest absolute Gasteiger partial charge is 0.462 e. The van der Waals surface area contributed by atoms with Gasteiger partial charge in [0.15, 0.2) is 0 Å². The van der Waals surface area contributed by atoms with E-state index in [9.17, 15) is 4.79 Å². The van der Waals surface area contributed by atoms with Crippen LogP contribution in [0.4, 0.5) is 0 Å². The fraction of sp³-hybridized carbons (Fsp3) is 0.933. The Hall–Kier alpha value is -0.570. The molecular weight excluding hydrogens is 226 g/mol. The standard InChI is InChI=1S/C15H27NO2/c1-12(2)18-15(17)11-16(10-13-8-9-13)14-6-4-3-5-7-14/h12-14H,3-11H2,1-2H3. The second kappa shape index (κ2) is 6.55. The van der Waals surface area contributed by atoms with E-state index in [0.29, 0.717) is 12.6 Å². The summed E-state index contributed by atoms with van der Waals surface area (Å²) in [5.74, 6) is 0.801. The lowest BCUT2D eigenvalue weighted by molar-refractivity contribution is -0.149. The van der Waals surface area contributed by atoms with Crippen molar-refractivity contribution in [3.8, 4) is 0 Å². The highest BCUT2D eigenvalue weighted by Gasteiger charge is 2.30. The van der Waals surface area contributed by atoms with Crippen molar-refractivity contribution in [1.82, 2.24) is 4.90 Å². The molecule has 0 atom stereocenters. The Balaban J connectivity index is 1.84. The topological polar surface area (TPSA) is 29.5 Å². The van der Waals surface area contributed by atoms with Gasteiger partial charge in [-0.05, 0) is 45.4 Å². The average Bonchev–Trinajstić information content (AvgIpc) is 3.12. The Kier molecular flexibility index (Phi) is 5.04. The van der Waals surface area contributed by atoms with Crippen molar-refractivity contribution in [2.75, 3.05) is 13.1 Å². The van der Waals surface area contributed by atoms with Gasteiger partial charge in [0, 0.05) is 12.6 Å². The molecule has 0 N–H and O–H groups in total. The molecule has 0 radical (unpaired) electrons. The van der Waals surface area contributed by atoms with Gasteiger partial charge in [-0.1, -0.05) is 19.3 Å². The lowest BCUT2D eigenvalue weighted by Gasteiger charge is -2.33. The fourth-order valence-electron chi connectivity index (χ4n) is 2.89. The van der Waals surface area contributed by atoms with Gasteiger partial charge in [-0.3, -0.25) is 9.69 Å². The zero-order valence-corrected chi connectivity index (χ0v) is 11.9. The molecular formula is C15H27NO2. The predicted octanol–water partition coefficient (Wildman–Crippen LogP) is 2.98. The summed E-state index contributed by atoms with van der Waals surface area (Å²) in [6.07, 6.45) is 9.25. The van der Waals surface area contributed by atoms with Gasteiger partial charge in [-0.15, -0.1) is 0 Å². The van der Waals surface area contributed by atoms with Crippen molar-refractivity contribution in [3.05, 3.63) is 0 Å². The molecule has 2 rings (SSSR count). The highest BCUT2D eigenvalue weighted by atomic mass is 16.5. The van der Waals surface area contributed by atoms with E-state index < -0.39 is 0 Å². The Morgan fingerprint density at radius 3 is 2.39 bits per heavy atom. The highest BCUT2D eigenvalue weighted by molar-refractivity contribution is 5.71. The van der Waals surface area contributed by atoms with Crippen molar-refractivity contribution in [2.45, 2.75) is 70.9 Å². The van der Waals surface area contributed by atoms with E-state index in [1.54, 1.807) is 0 Å². The number of carbonyl (C=O) groups excluding carboxylic acids is 1. The Morgan fingerprint density at radius 1 is 1.17 bits per heavy atom. The van der Waals surface area contributed by atoms with Crippen molar-refractivity contribution in [2.24, 2.45) is 5.92 Å². The van der Waals surface area contributed by atoms with Crippen LogP contribution in [0.3, 0.4) is 0 Å². The monoisotopic (exact) mass is 253 g/mol. The van der Waals surface area contributed by atoms with Crippen LogP contribution in [0.2, 0.25) is 0 Å². The zero-order valence-electron chi connectivity index (χ0n) is 11.9. The van der Waals surface area contributed by atoms with E-state index in [-0.39, 0.29) is 12.1 Å². The van der Waals surface area contributed by atoms with Gasteiger partial charge in [0.05, 0.1) is 12.6 Å². The van der Waals surface area contributed by atoms with Crippen LogP contribution in [0, 0.1) is 5.92 Å². The third kappa shape index (κ3) is 4.60. The van der Waals surface area contributed by atoms with Crippen molar-refractivity contribution >= 4 is 5.97 Å². The number of hydrogen-bond donors (Lipinski definition) is 0. The predicted molar refractivity (Wildman–Crippen MR) is 72.4 cm³/mol. The normalized spacial score (nSPS) is 21.6. The molecule has 3 nitrogen and oxygen atoms in total. The molecule has 2 aliphatic rings. The summed E-state index contributed by atoms with van der Waals surface area (Å²) in [7, 11) is 0. The minimum Gasteiger partial charge on any atom is -0.462 e. The number of ether oxygens (including phenoxy) is 1. The van der Waals surface area contributed by atoms with E-state index in [0.717, 1.165) is 12.5 Å². The smallest absolute Gasteiger partial charge is 0.320 e. The summed E-state index contributed by atoms with van der Waals surface area (Å²) in [6, 6.07) is 0.624. The zero-order chi connectivity index (χ0) is 13.0. The molecule has 2 saturated carbocycles. The van der Waals surface area contributed by atoms with Gasteiger partial charge < -0.3 is 4.74 Å². The minimum absolute atomic E-state index is 0.00614. The third-order valence-electron chi connectivity index (χ3n) is 3.98. The Bertz CT molecular complexity index is 268. The third-order valence-corrected chi connectivity index (χ3v) is 3.98. The molecule has 2 aliphatic carbocycles. The molecule has 0 aromatic carbocycles. The van der Waals surface area contributed by atoms with E-state index in [4.69, 9.17) is 4.74 Å². The number of nitrogens with zero attached hydrogens (tertiary/aromatic N) is 1. The lowest BCUT2D eigenvalue weighted by Crippen LogP contribution is -2.42. The SMILES string of the molecule is CC(C)OC(=O)CN(CC1CC1)C1CCCCC1. The first kappa shape index (κ1) is 13.9. The quantitative estimate of drug-likeness (QED) is 0.682. The van der Waals surface area contributed by atoms with Crippen molar-refractivity contribution in [1.29, 1.82) is 0 Å². The number of hydrogen-bond acceptors (Lipinski definition) is 3. The Labute approximate surface area is 111 Å². The molecule has 0 bridgehead atoms. The molecule has 0 aliphatic heterocycles. The molecule has 0 heterocycles. The maximum Gasteiger partial charge on any atom is 0.320 e. The van der Waals surface area contributed by atoms with Crippen LogP contribution in [0.5, 0.6) is 0 Å². The first-order valence-corrected chi connectivity index (χ1v) is 7.58. The van der Waals surface area contributed by atoms with E-state index in [2.05, 4.69) is 4.90 Å². The van der Waals surface area contributed by atoms with E-state index in [1.165, 1.54) is 44.9 Å². The van der Waals surface area contributed by atoms with Crippen LogP contribution in [-0.4, -0.2) is 36.1 Å². The molecule has 104 valence electrons. The molecule has 0 aromatic heterocycles. The molecule has 2 fully saturated rings. The second-order valence-corrected chi connectivity index (χ2v) is 6.20. The second-order valence-electron chi connectivity index (χ2n) is 6.20. The lowest BCUT2D eigenvalue weighted by atomic mass is 9.94. The van der Waals surface area contributed by atoms with Gasteiger partial charge in [-0.2, -0.15) is 0 Å². The molecule has 18 heavy (non-hydrogen) atoms. The minimum atomic E-state index is -0.0452. The number of esters is 1. The molecule has 0 spiro atoms. The van der Waals surface area contributed by atoms with Gasteiger partial charge in [0.25, 0.3) is 0 Å². The van der Waals surface area contributed by atoms with Crippen LogP contribution in [-0.2, 0) is 9.53 Å². The van der Waals surface area contributed by atoms with Gasteiger partial charge in [0.1, 0.15) is 0 Å². The van der Waals surface area contributed by atoms with Crippen molar-refractivity contribution in [3.63, 3.8) is 0 Å². The molecule has 3 heteroatoms. The molecule has 0 saturated heterocycles. The molecule has 0 unspecified atom stereocenters. The van der Waals surface area contributed by atoms with Crippen LogP contribution in [0.25, 0.3) is 0 Å². The van der Waals surface area contributed by atoms with Crippen molar-refractivity contribution < 1.29 is 9.53 Å². The summed E-state index contributed by atoms with van der Waals surface area (Å²) in [5, 5.41) is 0. The first-order chi connectivity index (χ1) is 8.65. The van der Waals surface area contributed by atoms with Crippen LogP contribution in [0.15, 0.2) is 0 Å². The number of rotatable bonds is 6. The summed E-state index contributed by atoms with van der Waals surface area (Å²) in [4.78, 5) is 14.2. The summed E-state index contributed by atoms with van der Waals surface area (Å²) in [5.41, 5.74) is 0. The summed E-state index contributed by atoms with van der Waals surface area (Å²) in [6.45, 7) is 5.45. The maximum atomic E-state index is 11.8. The van der Waals surface area contributed by atoms with Crippen LogP contribution < -0.4 is 0 Å². The van der Waals surface area contributed by atoms with Gasteiger partial charge >= 0.3 is 5.97 Å². The molecule has 0 aromatic rings. The average molecular weight is 253 g/mol. The van der Waals surface area contributed by atoms with Gasteiger partial charge in [-0.25, -0.2) is 0 Å². The highest BCUT2D eigenvalue weighted by Crippen LogP contribution is 2.32. The van der Waals surface area contributed by atoms with Crippen LogP contribution in [0.1, 0.15) is 58.8 Å².